The van der Waals surface area contributed by atoms with Gasteiger partial charge in [-0.05, 0) is 78.4 Å². The van der Waals surface area contributed by atoms with Crippen molar-refractivity contribution in [2.45, 2.75) is 25.9 Å². The van der Waals surface area contributed by atoms with Gasteiger partial charge in [0.05, 0.1) is 18.0 Å². The molecule has 4 aromatic carbocycles. The fraction of sp³-hybridized carbons (Fsp3) is 0.206. The van der Waals surface area contributed by atoms with Gasteiger partial charge in [-0.1, -0.05) is 64.5 Å². The zero-order valence-electron chi connectivity index (χ0n) is 22.5. The molecule has 6 rings (SSSR count). The van der Waals surface area contributed by atoms with Gasteiger partial charge in [-0.25, -0.2) is 0 Å². The number of halogens is 1. The van der Waals surface area contributed by atoms with Gasteiger partial charge in [0.2, 0.25) is 0 Å². The lowest BCUT2D eigenvalue weighted by Crippen LogP contribution is -2.33. The van der Waals surface area contributed by atoms with Gasteiger partial charge in [0.25, 0.3) is 5.91 Å². The van der Waals surface area contributed by atoms with Gasteiger partial charge in [0.1, 0.15) is 5.75 Å². The first-order valence-corrected chi connectivity index (χ1v) is 14.9. The summed E-state index contributed by atoms with van der Waals surface area (Å²) in [4.78, 5) is 21.7. The molecule has 202 valence electrons. The summed E-state index contributed by atoms with van der Waals surface area (Å²) >= 11 is 3.48. The quantitative estimate of drug-likeness (QED) is 0.194. The Bertz CT molecular complexity index is 1630. The third-order valence-electron chi connectivity index (χ3n) is 7.65. The summed E-state index contributed by atoms with van der Waals surface area (Å²) in [5.41, 5.74) is 7.02. The van der Waals surface area contributed by atoms with Crippen LogP contribution in [0.5, 0.6) is 5.75 Å². The van der Waals surface area contributed by atoms with Crippen molar-refractivity contribution in [3.8, 4) is 16.9 Å². The second kappa shape index (κ2) is 11.6. The van der Waals surface area contributed by atoms with Crippen molar-refractivity contribution in [2.24, 2.45) is 0 Å². The van der Waals surface area contributed by atoms with Crippen LogP contribution in [0.1, 0.15) is 29.3 Å². The standard InChI is InChI=1S/C34H32BrN3O2/c1-24-16-19-37(31-9-5-6-10-32(31)38(24)23-25-7-3-2-4-8-25)34(39)28-11-13-29(33(22-28)40-20-17-35)26-12-14-30-27(21-26)15-18-36-30/h2-15,18,21-22,24,36H,16-17,19-20,23H2,1H3. The number of anilines is 2. The van der Waals surface area contributed by atoms with Crippen LogP contribution < -0.4 is 14.5 Å². The summed E-state index contributed by atoms with van der Waals surface area (Å²) in [6.07, 6.45) is 2.81. The molecule has 1 aliphatic rings. The molecule has 0 saturated heterocycles. The number of hydrogen-bond acceptors (Lipinski definition) is 3. The van der Waals surface area contributed by atoms with E-state index in [-0.39, 0.29) is 11.9 Å². The predicted molar refractivity (Wildman–Crippen MR) is 168 cm³/mol. The smallest absolute Gasteiger partial charge is 0.258 e. The molecule has 0 saturated carbocycles. The molecule has 1 N–H and O–H groups in total. The van der Waals surface area contributed by atoms with Crippen molar-refractivity contribution in [3.63, 3.8) is 0 Å². The van der Waals surface area contributed by atoms with E-state index in [2.05, 4.69) is 99.5 Å². The SMILES string of the molecule is CC1CCN(C(=O)c2ccc(-c3ccc4[nH]ccc4c3)c(OCCBr)c2)c2ccccc2N1Cc1ccccc1. The Labute approximate surface area is 243 Å². The minimum absolute atomic E-state index is 0.0162. The highest BCUT2D eigenvalue weighted by atomic mass is 79.9. The Kier molecular flexibility index (Phi) is 7.60. The number of aromatic amines is 1. The maximum absolute atomic E-state index is 14.1. The molecule has 40 heavy (non-hydrogen) atoms. The van der Waals surface area contributed by atoms with E-state index in [0.717, 1.165) is 46.4 Å². The number of benzene rings is 4. The normalized spacial score (nSPS) is 15.1. The lowest BCUT2D eigenvalue weighted by Gasteiger charge is -2.31. The molecule has 1 aliphatic heterocycles. The molecule has 1 unspecified atom stereocenters. The van der Waals surface area contributed by atoms with Crippen molar-refractivity contribution in [1.82, 2.24) is 4.98 Å². The predicted octanol–water partition coefficient (Wildman–Crippen LogP) is 8.05. The van der Waals surface area contributed by atoms with Crippen LogP contribution >= 0.6 is 15.9 Å². The fourth-order valence-electron chi connectivity index (χ4n) is 5.54. The zero-order chi connectivity index (χ0) is 27.5. The van der Waals surface area contributed by atoms with E-state index in [1.807, 2.05) is 41.4 Å². The molecular formula is C34H32BrN3O2. The number of aromatic nitrogens is 1. The van der Waals surface area contributed by atoms with Crippen molar-refractivity contribution in [2.75, 3.05) is 28.3 Å². The number of alkyl halides is 1. The van der Waals surface area contributed by atoms with E-state index in [0.29, 0.717) is 29.8 Å². The molecule has 5 nitrogen and oxygen atoms in total. The number of ether oxygens (including phenoxy) is 1. The van der Waals surface area contributed by atoms with Gasteiger partial charge >= 0.3 is 0 Å². The second-order valence-corrected chi connectivity index (χ2v) is 11.0. The molecule has 1 amide bonds. The third kappa shape index (κ3) is 5.24. The van der Waals surface area contributed by atoms with Crippen molar-refractivity contribution >= 4 is 44.1 Å². The second-order valence-electron chi connectivity index (χ2n) is 10.2. The van der Waals surface area contributed by atoms with E-state index >= 15 is 0 Å². The van der Waals surface area contributed by atoms with E-state index < -0.39 is 0 Å². The lowest BCUT2D eigenvalue weighted by atomic mass is 10.0. The summed E-state index contributed by atoms with van der Waals surface area (Å²) in [7, 11) is 0. The van der Waals surface area contributed by atoms with Crippen LogP contribution in [0.15, 0.2) is 103 Å². The van der Waals surface area contributed by atoms with E-state index in [4.69, 9.17) is 4.74 Å². The fourth-order valence-corrected chi connectivity index (χ4v) is 5.70. The van der Waals surface area contributed by atoms with E-state index in [9.17, 15) is 4.79 Å². The van der Waals surface area contributed by atoms with Crippen LogP contribution in [0.25, 0.3) is 22.0 Å². The van der Waals surface area contributed by atoms with Gasteiger partial charge in [-0.3, -0.25) is 4.79 Å². The Morgan fingerprint density at radius 1 is 0.950 bits per heavy atom. The lowest BCUT2D eigenvalue weighted by molar-refractivity contribution is 0.0986. The molecule has 0 aliphatic carbocycles. The molecule has 1 aromatic heterocycles. The number of carbonyl (C=O) groups excluding carboxylic acids is 1. The van der Waals surface area contributed by atoms with Gasteiger partial charge < -0.3 is 19.5 Å². The number of rotatable bonds is 7. The van der Waals surface area contributed by atoms with Crippen LogP contribution in [0.3, 0.4) is 0 Å². The summed E-state index contributed by atoms with van der Waals surface area (Å²) < 4.78 is 6.17. The minimum Gasteiger partial charge on any atom is -0.492 e. The summed E-state index contributed by atoms with van der Waals surface area (Å²) in [6.45, 7) is 4.20. The summed E-state index contributed by atoms with van der Waals surface area (Å²) in [5.74, 6) is 0.694. The maximum atomic E-state index is 14.1. The summed E-state index contributed by atoms with van der Waals surface area (Å²) in [5, 5.41) is 1.84. The summed E-state index contributed by atoms with van der Waals surface area (Å²) in [6, 6.07) is 33.3. The number of hydrogen-bond donors (Lipinski definition) is 1. The van der Waals surface area contributed by atoms with Crippen molar-refractivity contribution < 1.29 is 9.53 Å². The molecular weight excluding hydrogens is 562 g/mol. The average molecular weight is 595 g/mol. The first-order valence-electron chi connectivity index (χ1n) is 13.7. The zero-order valence-corrected chi connectivity index (χ0v) is 24.1. The Hall–Kier alpha value is -4.03. The number of H-pyrrole nitrogens is 1. The molecule has 0 bridgehead atoms. The van der Waals surface area contributed by atoms with Crippen LogP contribution in [0.2, 0.25) is 0 Å². The first-order chi connectivity index (χ1) is 19.6. The number of carbonyl (C=O) groups is 1. The maximum Gasteiger partial charge on any atom is 0.258 e. The molecule has 2 heterocycles. The van der Waals surface area contributed by atoms with Crippen LogP contribution in [0.4, 0.5) is 11.4 Å². The minimum atomic E-state index is -0.0162. The van der Waals surface area contributed by atoms with Gasteiger partial charge in [-0.2, -0.15) is 0 Å². The molecule has 0 fully saturated rings. The van der Waals surface area contributed by atoms with E-state index in [1.165, 1.54) is 5.56 Å². The topological polar surface area (TPSA) is 48.6 Å². The Morgan fingerprint density at radius 3 is 2.58 bits per heavy atom. The highest BCUT2D eigenvalue weighted by Gasteiger charge is 2.29. The monoisotopic (exact) mass is 593 g/mol. The Morgan fingerprint density at radius 2 is 1.75 bits per heavy atom. The third-order valence-corrected chi connectivity index (χ3v) is 7.98. The number of nitrogens with one attached hydrogen (secondary N) is 1. The van der Waals surface area contributed by atoms with E-state index in [1.54, 1.807) is 0 Å². The molecule has 0 spiro atoms. The van der Waals surface area contributed by atoms with Gasteiger partial charge in [0.15, 0.2) is 0 Å². The average Bonchev–Trinajstić information content (AvgIpc) is 3.42. The first kappa shape index (κ1) is 26.2. The largest absolute Gasteiger partial charge is 0.492 e. The highest BCUT2D eigenvalue weighted by molar-refractivity contribution is 9.09. The van der Waals surface area contributed by atoms with Crippen molar-refractivity contribution in [3.05, 3.63) is 114 Å². The number of para-hydroxylation sites is 2. The van der Waals surface area contributed by atoms with Crippen LogP contribution in [-0.2, 0) is 6.54 Å². The Balaban J connectivity index is 1.35. The molecule has 6 heteroatoms. The molecule has 0 radical (unpaired) electrons. The van der Waals surface area contributed by atoms with Gasteiger partial charge in [-0.15, -0.1) is 0 Å². The van der Waals surface area contributed by atoms with Crippen molar-refractivity contribution in [1.29, 1.82) is 0 Å². The number of fused-ring (bicyclic) bond motifs is 2. The molecule has 5 aromatic rings. The van der Waals surface area contributed by atoms with Gasteiger partial charge in [0, 0.05) is 47.3 Å². The number of amides is 1. The molecule has 1 atom stereocenters. The number of nitrogens with zero attached hydrogens (tertiary/aromatic N) is 2. The highest BCUT2D eigenvalue weighted by Crippen LogP contribution is 2.38. The van der Waals surface area contributed by atoms with Crippen LogP contribution in [0, 0.1) is 0 Å². The van der Waals surface area contributed by atoms with Crippen LogP contribution in [-0.4, -0.2) is 35.4 Å².